The Bertz CT molecular complexity index is 557. The van der Waals surface area contributed by atoms with Crippen LogP contribution in [0, 0.1) is 24.7 Å². The van der Waals surface area contributed by atoms with Crippen LogP contribution in [0.25, 0.3) is 0 Å². The van der Waals surface area contributed by atoms with E-state index in [1.807, 2.05) is 39.0 Å². The van der Waals surface area contributed by atoms with Gasteiger partial charge in [0.2, 0.25) is 11.8 Å². The third-order valence-corrected chi connectivity index (χ3v) is 4.19. The van der Waals surface area contributed by atoms with Crippen LogP contribution in [0.2, 0.25) is 0 Å². The Morgan fingerprint density at radius 3 is 2.57 bits per heavy atom. The first-order valence-corrected chi connectivity index (χ1v) is 8.02. The van der Waals surface area contributed by atoms with Gasteiger partial charge in [-0.25, -0.2) is 0 Å². The molecule has 2 rings (SSSR count). The SMILES string of the molecule is Cc1ccc(NC(=O)C2CC2C(=O)NCC(C)C)c(Br)c1. The fraction of sp³-hybridized carbons (Fsp3) is 0.500. The van der Waals surface area contributed by atoms with E-state index in [4.69, 9.17) is 0 Å². The molecule has 114 valence electrons. The molecule has 1 aliphatic carbocycles. The third kappa shape index (κ3) is 4.30. The number of halogens is 1. The second-order valence-electron chi connectivity index (χ2n) is 6.06. The number of nitrogens with one attached hydrogen (secondary N) is 2. The van der Waals surface area contributed by atoms with Gasteiger partial charge in [-0.2, -0.15) is 0 Å². The van der Waals surface area contributed by atoms with Crippen LogP contribution in [0.5, 0.6) is 0 Å². The van der Waals surface area contributed by atoms with Crippen LogP contribution in [-0.4, -0.2) is 18.4 Å². The molecular formula is C16H21BrN2O2. The number of benzene rings is 1. The molecule has 1 aromatic rings. The normalized spacial score (nSPS) is 20.2. The Kier molecular flexibility index (Phi) is 5.04. The van der Waals surface area contributed by atoms with Crippen molar-refractivity contribution in [3.05, 3.63) is 28.2 Å². The van der Waals surface area contributed by atoms with Crippen molar-refractivity contribution in [2.45, 2.75) is 27.2 Å². The molecule has 5 heteroatoms. The molecule has 0 spiro atoms. The van der Waals surface area contributed by atoms with Crippen LogP contribution >= 0.6 is 15.9 Å². The predicted octanol–water partition coefficient (Wildman–Crippen LogP) is 3.10. The van der Waals surface area contributed by atoms with E-state index in [0.29, 0.717) is 18.9 Å². The van der Waals surface area contributed by atoms with Crippen LogP contribution in [0.4, 0.5) is 5.69 Å². The first-order valence-electron chi connectivity index (χ1n) is 7.23. The average molecular weight is 353 g/mol. The molecule has 0 aliphatic heterocycles. The lowest BCUT2D eigenvalue weighted by atomic mass is 10.2. The topological polar surface area (TPSA) is 58.2 Å². The molecule has 2 N–H and O–H groups in total. The minimum absolute atomic E-state index is 0.00757. The Balaban J connectivity index is 1.87. The predicted molar refractivity (Wildman–Crippen MR) is 87.0 cm³/mol. The molecule has 1 saturated carbocycles. The standard InChI is InChI=1S/C16H21BrN2O2/c1-9(2)8-18-15(20)11-7-12(11)16(21)19-14-5-4-10(3)6-13(14)17/h4-6,9,11-12H,7-8H2,1-3H3,(H,18,20)(H,19,21). The summed E-state index contributed by atoms with van der Waals surface area (Å²) in [7, 11) is 0. The Morgan fingerprint density at radius 2 is 1.95 bits per heavy atom. The minimum Gasteiger partial charge on any atom is -0.356 e. The van der Waals surface area contributed by atoms with Gasteiger partial charge in [0, 0.05) is 11.0 Å². The van der Waals surface area contributed by atoms with E-state index in [1.165, 1.54) is 0 Å². The third-order valence-electron chi connectivity index (χ3n) is 3.53. The zero-order chi connectivity index (χ0) is 15.6. The zero-order valence-electron chi connectivity index (χ0n) is 12.6. The van der Waals surface area contributed by atoms with Crippen molar-refractivity contribution in [1.29, 1.82) is 0 Å². The molecule has 21 heavy (non-hydrogen) atoms. The number of hydrogen-bond acceptors (Lipinski definition) is 2. The second-order valence-corrected chi connectivity index (χ2v) is 6.91. The van der Waals surface area contributed by atoms with Crippen molar-refractivity contribution in [1.82, 2.24) is 5.32 Å². The van der Waals surface area contributed by atoms with Crippen LogP contribution < -0.4 is 10.6 Å². The molecule has 0 radical (unpaired) electrons. The van der Waals surface area contributed by atoms with Crippen LogP contribution in [-0.2, 0) is 9.59 Å². The van der Waals surface area contributed by atoms with Crippen molar-refractivity contribution in [2.75, 3.05) is 11.9 Å². The van der Waals surface area contributed by atoms with Crippen molar-refractivity contribution >= 4 is 33.4 Å². The fourth-order valence-electron chi connectivity index (χ4n) is 2.16. The maximum atomic E-state index is 12.2. The molecule has 0 saturated heterocycles. The largest absolute Gasteiger partial charge is 0.356 e. The zero-order valence-corrected chi connectivity index (χ0v) is 14.2. The summed E-state index contributed by atoms with van der Waals surface area (Å²) in [6.07, 6.45) is 0.638. The van der Waals surface area contributed by atoms with E-state index >= 15 is 0 Å². The minimum atomic E-state index is -0.203. The van der Waals surface area contributed by atoms with Gasteiger partial charge in [0.05, 0.1) is 17.5 Å². The first kappa shape index (κ1) is 16.0. The number of carbonyl (C=O) groups excluding carboxylic acids is 2. The van der Waals surface area contributed by atoms with Crippen LogP contribution in [0.3, 0.4) is 0 Å². The number of rotatable bonds is 5. The number of aryl methyl sites for hydroxylation is 1. The monoisotopic (exact) mass is 352 g/mol. The highest BCUT2D eigenvalue weighted by Gasteiger charge is 2.47. The molecule has 0 bridgehead atoms. The van der Waals surface area contributed by atoms with Gasteiger partial charge in [-0.05, 0) is 52.9 Å². The van der Waals surface area contributed by atoms with E-state index < -0.39 is 0 Å². The number of carbonyl (C=O) groups is 2. The van der Waals surface area contributed by atoms with Crippen molar-refractivity contribution in [2.24, 2.45) is 17.8 Å². The van der Waals surface area contributed by atoms with Gasteiger partial charge in [0.25, 0.3) is 0 Å². The van der Waals surface area contributed by atoms with E-state index in [-0.39, 0.29) is 23.7 Å². The Morgan fingerprint density at radius 1 is 1.29 bits per heavy atom. The molecule has 0 aromatic heterocycles. The molecule has 1 aromatic carbocycles. The van der Waals surface area contributed by atoms with Gasteiger partial charge >= 0.3 is 0 Å². The molecule has 1 aliphatic rings. The van der Waals surface area contributed by atoms with E-state index in [1.54, 1.807) is 0 Å². The van der Waals surface area contributed by atoms with Gasteiger partial charge in [-0.15, -0.1) is 0 Å². The molecule has 1 fully saturated rings. The number of amides is 2. The quantitative estimate of drug-likeness (QED) is 0.855. The smallest absolute Gasteiger partial charge is 0.228 e. The lowest BCUT2D eigenvalue weighted by Gasteiger charge is -2.09. The summed E-state index contributed by atoms with van der Waals surface area (Å²) >= 11 is 3.44. The maximum absolute atomic E-state index is 12.2. The molecule has 4 nitrogen and oxygen atoms in total. The Hall–Kier alpha value is -1.36. The number of anilines is 1. The molecular weight excluding hydrogens is 332 g/mol. The first-order chi connectivity index (χ1) is 9.88. The lowest BCUT2D eigenvalue weighted by molar-refractivity contribution is -0.125. The summed E-state index contributed by atoms with van der Waals surface area (Å²) in [5.41, 5.74) is 1.87. The van der Waals surface area contributed by atoms with Gasteiger partial charge in [0.15, 0.2) is 0 Å². The molecule has 2 amide bonds. The van der Waals surface area contributed by atoms with Gasteiger partial charge in [-0.1, -0.05) is 19.9 Å². The maximum Gasteiger partial charge on any atom is 0.228 e. The van der Waals surface area contributed by atoms with E-state index in [9.17, 15) is 9.59 Å². The Labute approximate surface area is 133 Å². The molecule has 0 heterocycles. The summed E-state index contributed by atoms with van der Waals surface area (Å²) in [6, 6.07) is 5.77. The fourth-order valence-corrected chi connectivity index (χ4v) is 2.75. The highest BCUT2D eigenvalue weighted by Crippen LogP contribution is 2.40. The van der Waals surface area contributed by atoms with Crippen LogP contribution in [0.1, 0.15) is 25.8 Å². The van der Waals surface area contributed by atoms with Crippen molar-refractivity contribution in [3.8, 4) is 0 Å². The van der Waals surface area contributed by atoms with Crippen molar-refractivity contribution in [3.63, 3.8) is 0 Å². The van der Waals surface area contributed by atoms with Gasteiger partial charge in [0.1, 0.15) is 0 Å². The molecule has 2 unspecified atom stereocenters. The van der Waals surface area contributed by atoms with E-state index in [2.05, 4.69) is 26.6 Å². The summed E-state index contributed by atoms with van der Waals surface area (Å²) in [5.74, 6) is -0.0436. The average Bonchev–Trinajstić information content (AvgIpc) is 3.19. The second kappa shape index (κ2) is 6.60. The molecule has 2 atom stereocenters. The van der Waals surface area contributed by atoms with E-state index in [0.717, 1.165) is 15.7 Å². The van der Waals surface area contributed by atoms with Gasteiger partial charge in [-0.3, -0.25) is 9.59 Å². The summed E-state index contributed by atoms with van der Waals surface area (Å²) in [5, 5.41) is 5.77. The highest BCUT2D eigenvalue weighted by atomic mass is 79.9. The van der Waals surface area contributed by atoms with Gasteiger partial charge < -0.3 is 10.6 Å². The summed E-state index contributed by atoms with van der Waals surface area (Å²) in [6.45, 7) is 6.75. The summed E-state index contributed by atoms with van der Waals surface area (Å²) < 4.78 is 0.859. The number of hydrogen-bond donors (Lipinski definition) is 2. The lowest BCUT2D eigenvalue weighted by Crippen LogP contribution is -2.30. The summed E-state index contributed by atoms with van der Waals surface area (Å²) in [4.78, 5) is 24.0. The van der Waals surface area contributed by atoms with Crippen LogP contribution in [0.15, 0.2) is 22.7 Å². The van der Waals surface area contributed by atoms with Crippen molar-refractivity contribution < 1.29 is 9.59 Å². The highest BCUT2D eigenvalue weighted by molar-refractivity contribution is 9.10.